The summed E-state index contributed by atoms with van der Waals surface area (Å²) in [5.74, 6) is -1.39. The van der Waals surface area contributed by atoms with Crippen LogP contribution in [0.5, 0.6) is 0 Å². The van der Waals surface area contributed by atoms with E-state index in [2.05, 4.69) is 20.1 Å². The molecule has 3 heterocycles. The second-order valence-electron chi connectivity index (χ2n) is 10.9. The van der Waals surface area contributed by atoms with E-state index in [0.717, 1.165) is 29.7 Å². The van der Waals surface area contributed by atoms with Crippen molar-refractivity contribution in [3.63, 3.8) is 0 Å². The predicted molar refractivity (Wildman–Crippen MR) is 153 cm³/mol. The number of anilines is 1. The van der Waals surface area contributed by atoms with E-state index in [9.17, 15) is 19.5 Å². The molecule has 4 rings (SSSR count). The number of aryl methyl sites for hydroxylation is 2. The molecule has 1 N–H and O–H groups in total. The van der Waals surface area contributed by atoms with E-state index in [-0.39, 0.29) is 42.0 Å². The van der Waals surface area contributed by atoms with Crippen LogP contribution in [-0.4, -0.2) is 81.5 Å². The molecule has 0 radical (unpaired) electrons. The summed E-state index contributed by atoms with van der Waals surface area (Å²) in [6.45, 7) is 17.0. The van der Waals surface area contributed by atoms with Crippen LogP contribution in [0.15, 0.2) is 43.5 Å². The number of para-hydroxylation sites is 1. The number of fused-ring (bicyclic) bond motifs is 1. The Morgan fingerprint density at radius 3 is 2.42 bits per heavy atom. The van der Waals surface area contributed by atoms with Gasteiger partial charge >= 0.3 is 0 Å². The SMILES string of the molecule is C=CCN(CCC)C(=O)[C@@H]1[C@@H]2CC(C)C3(S2)C(C(=O)N(CC=C)c2c(C)cccc2C)N(CCO)C(=O)[C@H]13. The Hall–Kier alpha value is -2.58. The first kappa shape index (κ1) is 28.4. The van der Waals surface area contributed by atoms with Gasteiger partial charge in [-0.1, -0.05) is 44.2 Å². The molecule has 0 aromatic heterocycles. The van der Waals surface area contributed by atoms with E-state index in [1.165, 1.54) is 0 Å². The molecule has 1 spiro atoms. The second-order valence-corrected chi connectivity index (χ2v) is 12.4. The fourth-order valence-corrected chi connectivity index (χ4v) is 9.57. The van der Waals surface area contributed by atoms with Crippen molar-refractivity contribution in [2.75, 3.05) is 37.7 Å². The molecule has 3 unspecified atom stereocenters. The predicted octanol–water partition coefficient (Wildman–Crippen LogP) is 3.58. The van der Waals surface area contributed by atoms with Crippen LogP contribution in [0.1, 0.15) is 37.8 Å². The molecule has 3 aliphatic heterocycles. The van der Waals surface area contributed by atoms with E-state index in [1.807, 2.05) is 39.0 Å². The van der Waals surface area contributed by atoms with E-state index in [4.69, 9.17) is 0 Å². The number of likely N-dealkylation sites (tertiary alicyclic amines) is 1. The third-order valence-corrected chi connectivity index (χ3v) is 10.6. The number of rotatable bonds is 11. The van der Waals surface area contributed by atoms with Gasteiger partial charge in [0.05, 0.1) is 23.2 Å². The molecule has 6 atom stereocenters. The highest BCUT2D eigenvalue weighted by molar-refractivity contribution is 8.02. The van der Waals surface area contributed by atoms with Crippen LogP contribution in [0.3, 0.4) is 0 Å². The van der Waals surface area contributed by atoms with Gasteiger partial charge < -0.3 is 19.8 Å². The molecule has 3 amide bonds. The normalized spacial score (nSPS) is 29.3. The van der Waals surface area contributed by atoms with Crippen LogP contribution in [-0.2, 0) is 14.4 Å². The summed E-state index contributed by atoms with van der Waals surface area (Å²) in [6.07, 6.45) is 5.03. The third kappa shape index (κ3) is 4.30. The average Bonchev–Trinajstić information content (AvgIpc) is 3.46. The zero-order chi connectivity index (χ0) is 27.8. The fraction of sp³-hybridized carbons (Fsp3) is 0.567. The fourth-order valence-electron chi connectivity index (χ4n) is 7.16. The van der Waals surface area contributed by atoms with Crippen LogP contribution in [0.25, 0.3) is 0 Å². The zero-order valence-electron chi connectivity index (χ0n) is 23.1. The van der Waals surface area contributed by atoms with Gasteiger partial charge in [0, 0.05) is 37.1 Å². The van der Waals surface area contributed by atoms with Gasteiger partial charge in [-0.25, -0.2) is 0 Å². The lowest BCUT2D eigenvalue weighted by molar-refractivity contribution is -0.144. The number of hydrogen-bond donors (Lipinski definition) is 1. The van der Waals surface area contributed by atoms with Gasteiger partial charge in [-0.2, -0.15) is 0 Å². The molecule has 7 nitrogen and oxygen atoms in total. The highest BCUT2D eigenvalue weighted by Crippen LogP contribution is 2.69. The Bertz CT molecular complexity index is 1100. The molecule has 3 fully saturated rings. The topological polar surface area (TPSA) is 81.2 Å². The molecule has 3 aliphatic rings. The number of thioether (sulfide) groups is 1. The van der Waals surface area contributed by atoms with Gasteiger partial charge in [-0.05, 0) is 43.7 Å². The summed E-state index contributed by atoms with van der Waals surface area (Å²) in [5.41, 5.74) is 2.76. The van der Waals surface area contributed by atoms with Gasteiger partial charge in [0.1, 0.15) is 6.04 Å². The molecular formula is C30H41N3O4S. The summed E-state index contributed by atoms with van der Waals surface area (Å²) >= 11 is 1.67. The van der Waals surface area contributed by atoms with E-state index in [0.29, 0.717) is 19.6 Å². The van der Waals surface area contributed by atoms with Gasteiger partial charge in [0.2, 0.25) is 11.8 Å². The first-order valence-corrected chi connectivity index (χ1v) is 14.5. The van der Waals surface area contributed by atoms with Crippen molar-refractivity contribution in [2.24, 2.45) is 17.8 Å². The van der Waals surface area contributed by atoms with Crippen molar-refractivity contribution < 1.29 is 19.5 Å². The second kappa shape index (κ2) is 11.3. The van der Waals surface area contributed by atoms with Gasteiger partial charge in [0.15, 0.2) is 0 Å². The minimum absolute atomic E-state index is 0.0183. The lowest BCUT2D eigenvalue weighted by Crippen LogP contribution is -2.58. The van der Waals surface area contributed by atoms with Crippen LogP contribution >= 0.6 is 11.8 Å². The first-order valence-electron chi connectivity index (χ1n) is 13.7. The summed E-state index contributed by atoms with van der Waals surface area (Å²) in [4.78, 5) is 47.8. The van der Waals surface area contributed by atoms with Crippen molar-refractivity contribution in [1.29, 1.82) is 0 Å². The maximum absolute atomic E-state index is 14.6. The molecular weight excluding hydrogens is 498 g/mol. The zero-order valence-corrected chi connectivity index (χ0v) is 23.9. The largest absolute Gasteiger partial charge is 0.395 e. The number of carbonyl (C=O) groups excluding carboxylic acids is 3. The molecule has 2 bridgehead atoms. The lowest BCUT2D eigenvalue weighted by Gasteiger charge is -2.41. The first-order chi connectivity index (χ1) is 18.2. The molecule has 1 aromatic rings. The summed E-state index contributed by atoms with van der Waals surface area (Å²) < 4.78 is -0.726. The van der Waals surface area contributed by atoms with Gasteiger partial charge in [-0.15, -0.1) is 24.9 Å². The highest BCUT2D eigenvalue weighted by Gasteiger charge is 2.76. The third-order valence-electron chi connectivity index (χ3n) is 8.55. The maximum atomic E-state index is 14.6. The van der Waals surface area contributed by atoms with E-state index < -0.39 is 22.6 Å². The Kier molecular flexibility index (Phi) is 8.43. The number of aliphatic hydroxyl groups is 1. The summed E-state index contributed by atoms with van der Waals surface area (Å²) in [5, 5.41) is 9.94. The smallest absolute Gasteiger partial charge is 0.251 e. The Labute approximate surface area is 230 Å². The summed E-state index contributed by atoms with van der Waals surface area (Å²) in [7, 11) is 0. The Balaban J connectivity index is 1.82. The number of aliphatic hydroxyl groups excluding tert-OH is 1. The van der Waals surface area contributed by atoms with E-state index in [1.54, 1.807) is 38.6 Å². The molecule has 8 heteroatoms. The van der Waals surface area contributed by atoms with Crippen LogP contribution in [0.2, 0.25) is 0 Å². The molecule has 206 valence electrons. The average molecular weight is 540 g/mol. The quantitative estimate of drug-likeness (QED) is 0.435. The standard InChI is InChI=1S/C30H41N3O4S/c1-7-13-31(14-8-2)27(35)23-22-18-21(6)30(38-22)24(23)28(36)33(16-17-34)26(30)29(37)32(15-9-3)25-19(4)11-10-12-20(25)5/h7,9-12,21-24,26,34H,1,3,8,13-18H2,2,4-6H3/t21?,22-,23+,24-,26?,30?/m0/s1. The molecule has 0 saturated carbocycles. The molecule has 1 aromatic carbocycles. The van der Waals surface area contributed by atoms with Crippen molar-refractivity contribution in [2.45, 2.75) is 56.6 Å². The van der Waals surface area contributed by atoms with Crippen LogP contribution in [0.4, 0.5) is 5.69 Å². The minimum Gasteiger partial charge on any atom is -0.395 e. The number of β-amino-alcohol motifs (C(OH)–C–C–N with tert-alkyl or cyclic N) is 1. The number of carbonyl (C=O) groups is 3. The monoisotopic (exact) mass is 539 g/mol. The molecule has 38 heavy (non-hydrogen) atoms. The maximum Gasteiger partial charge on any atom is 0.251 e. The number of nitrogens with zero attached hydrogens (tertiary/aromatic N) is 3. The number of hydrogen-bond acceptors (Lipinski definition) is 5. The van der Waals surface area contributed by atoms with Crippen molar-refractivity contribution in [1.82, 2.24) is 9.80 Å². The number of amides is 3. The van der Waals surface area contributed by atoms with Crippen molar-refractivity contribution in [3.05, 3.63) is 54.6 Å². The van der Waals surface area contributed by atoms with E-state index >= 15 is 0 Å². The highest BCUT2D eigenvalue weighted by atomic mass is 32.2. The summed E-state index contributed by atoms with van der Waals surface area (Å²) in [6, 6.07) is 5.16. The van der Waals surface area contributed by atoms with Gasteiger partial charge in [-0.3, -0.25) is 14.4 Å². The minimum atomic E-state index is -0.770. The van der Waals surface area contributed by atoms with Crippen molar-refractivity contribution in [3.8, 4) is 0 Å². The molecule has 0 aliphatic carbocycles. The Morgan fingerprint density at radius 1 is 1.18 bits per heavy atom. The van der Waals surface area contributed by atoms with Gasteiger partial charge in [0.25, 0.3) is 5.91 Å². The number of benzene rings is 1. The van der Waals surface area contributed by atoms with Crippen LogP contribution < -0.4 is 4.90 Å². The molecule has 3 saturated heterocycles. The van der Waals surface area contributed by atoms with Crippen molar-refractivity contribution >= 4 is 35.2 Å². The van der Waals surface area contributed by atoms with Crippen LogP contribution in [0, 0.1) is 31.6 Å². The lowest BCUT2D eigenvalue weighted by atomic mass is 9.65. The Morgan fingerprint density at radius 2 is 1.84 bits per heavy atom.